The van der Waals surface area contributed by atoms with Crippen molar-refractivity contribution >= 4 is 5.97 Å². The van der Waals surface area contributed by atoms with Gasteiger partial charge in [0.15, 0.2) is 5.79 Å². The molecule has 2 aliphatic rings. The largest absolute Gasteiger partial charge is 0.489 e. The Hall–Kier alpha value is -3.15. The van der Waals surface area contributed by atoms with E-state index in [9.17, 15) is 4.79 Å². The normalized spacial score (nSPS) is 18.5. The van der Waals surface area contributed by atoms with Crippen molar-refractivity contribution in [2.75, 3.05) is 20.3 Å². The van der Waals surface area contributed by atoms with Gasteiger partial charge in [0.05, 0.1) is 26.7 Å². The highest BCUT2D eigenvalue weighted by Crippen LogP contribution is 2.51. The number of hydrogen-bond acceptors (Lipinski definition) is 5. The summed E-state index contributed by atoms with van der Waals surface area (Å²) in [6, 6.07) is 24.5. The Morgan fingerprint density at radius 1 is 0.969 bits per heavy atom. The molecule has 32 heavy (non-hydrogen) atoms. The van der Waals surface area contributed by atoms with Crippen LogP contribution < -0.4 is 4.74 Å². The third-order valence-electron chi connectivity index (χ3n) is 6.25. The summed E-state index contributed by atoms with van der Waals surface area (Å²) in [6.45, 7) is 1.67. The molecule has 0 aromatic heterocycles. The quantitative estimate of drug-likeness (QED) is 0.504. The molecule has 1 unspecified atom stereocenters. The van der Waals surface area contributed by atoms with Gasteiger partial charge in [-0.3, -0.25) is 4.79 Å². The lowest BCUT2D eigenvalue weighted by Gasteiger charge is -2.23. The first-order valence-electron chi connectivity index (χ1n) is 10.9. The van der Waals surface area contributed by atoms with Gasteiger partial charge in [0.25, 0.3) is 0 Å². The molecule has 3 aromatic rings. The van der Waals surface area contributed by atoms with Crippen molar-refractivity contribution in [3.05, 3.63) is 89.5 Å². The van der Waals surface area contributed by atoms with Crippen molar-refractivity contribution in [3.63, 3.8) is 0 Å². The van der Waals surface area contributed by atoms with E-state index in [1.165, 1.54) is 7.11 Å². The second kappa shape index (κ2) is 8.77. The molecular weight excluding hydrogens is 404 g/mol. The van der Waals surface area contributed by atoms with E-state index >= 15 is 0 Å². The van der Waals surface area contributed by atoms with Crippen LogP contribution in [-0.4, -0.2) is 26.3 Å². The lowest BCUT2D eigenvalue weighted by atomic mass is 9.94. The maximum absolute atomic E-state index is 12.0. The fourth-order valence-electron chi connectivity index (χ4n) is 4.65. The number of esters is 1. The van der Waals surface area contributed by atoms with Crippen LogP contribution in [0.25, 0.3) is 11.1 Å². The standard InChI is InChI=1S/C27H26O5/c1-29-26(28)16-22-17-27(31-13-14-32-27)25-12-9-21(15-24(22)25)20-7-10-23(11-8-20)30-18-19-5-3-2-4-6-19/h2-12,15,22H,13-14,16-18H2,1H3. The first-order valence-corrected chi connectivity index (χ1v) is 10.9. The van der Waals surface area contributed by atoms with Crippen LogP contribution in [0.2, 0.25) is 0 Å². The van der Waals surface area contributed by atoms with Gasteiger partial charge in [0.2, 0.25) is 0 Å². The summed E-state index contributed by atoms with van der Waals surface area (Å²) in [6.07, 6.45) is 0.945. The number of carbonyl (C=O) groups is 1. The average molecular weight is 431 g/mol. The number of rotatable bonds is 6. The molecule has 1 heterocycles. The number of methoxy groups -OCH3 is 1. The lowest BCUT2D eigenvalue weighted by Crippen LogP contribution is -2.24. The van der Waals surface area contributed by atoms with Gasteiger partial charge in [-0.2, -0.15) is 0 Å². The van der Waals surface area contributed by atoms with Crippen molar-refractivity contribution in [2.24, 2.45) is 0 Å². The molecule has 1 spiro atoms. The molecule has 0 saturated carbocycles. The van der Waals surface area contributed by atoms with Crippen molar-refractivity contribution in [1.29, 1.82) is 0 Å². The summed E-state index contributed by atoms with van der Waals surface area (Å²) < 4.78 is 22.9. The molecule has 0 radical (unpaired) electrons. The zero-order chi connectivity index (χ0) is 22.0. The van der Waals surface area contributed by atoms with Crippen LogP contribution in [-0.2, 0) is 31.4 Å². The van der Waals surface area contributed by atoms with Gasteiger partial charge in [-0.05, 0) is 34.4 Å². The van der Waals surface area contributed by atoms with Crippen molar-refractivity contribution < 1.29 is 23.7 Å². The Balaban J connectivity index is 1.37. The minimum absolute atomic E-state index is 0.00368. The van der Waals surface area contributed by atoms with Crippen molar-refractivity contribution in [1.82, 2.24) is 0 Å². The van der Waals surface area contributed by atoms with Gasteiger partial charge >= 0.3 is 5.97 Å². The number of benzene rings is 3. The molecule has 164 valence electrons. The van der Waals surface area contributed by atoms with Gasteiger partial charge in [0.1, 0.15) is 12.4 Å². The van der Waals surface area contributed by atoms with E-state index in [4.69, 9.17) is 18.9 Å². The summed E-state index contributed by atoms with van der Waals surface area (Å²) in [5.41, 5.74) is 5.43. The second-order valence-corrected chi connectivity index (χ2v) is 8.23. The molecule has 1 aliphatic heterocycles. The van der Waals surface area contributed by atoms with Crippen LogP contribution in [0.4, 0.5) is 0 Å². The van der Waals surface area contributed by atoms with E-state index in [0.717, 1.165) is 33.6 Å². The molecule has 1 saturated heterocycles. The first kappa shape index (κ1) is 20.7. The fraction of sp³-hybridized carbons (Fsp3) is 0.296. The van der Waals surface area contributed by atoms with Crippen LogP contribution in [0, 0.1) is 0 Å². The van der Waals surface area contributed by atoms with Crippen LogP contribution in [0.15, 0.2) is 72.8 Å². The zero-order valence-corrected chi connectivity index (χ0v) is 18.1. The SMILES string of the molecule is COC(=O)CC1CC2(OCCO2)c2ccc(-c3ccc(OCc4ccccc4)cc3)cc21. The third kappa shape index (κ3) is 4.01. The van der Waals surface area contributed by atoms with Gasteiger partial charge in [-0.1, -0.05) is 60.7 Å². The van der Waals surface area contributed by atoms with E-state index in [1.54, 1.807) is 0 Å². The monoisotopic (exact) mass is 430 g/mol. The number of hydrogen-bond donors (Lipinski definition) is 0. The fourth-order valence-corrected chi connectivity index (χ4v) is 4.65. The highest BCUT2D eigenvalue weighted by molar-refractivity contribution is 5.72. The molecule has 0 bridgehead atoms. The predicted molar refractivity (Wildman–Crippen MR) is 120 cm³/mol. The molecule has 5 heteroatoms. The van der Waals surface area contributed by atoms with Crippen molar-refractivity contribution in [2.45, 2.75) is 31.2 Å². The number of ether oxygens (including phenoxy) is 4. The third-order valence-corrected chi connectivity index (χ3v) is 6.25. The first-order chi connectivity index (χ1) is 15.7. The topological polar surface area (TPSA) is 54.0 Å². The zero-order valence-electron chi connectivity index (χ0n) is 18.1. The van der Waals surface area contributed by atoms with Crippen LogP contribution in [0.3, 0.4) is 0 Å². The summed E-state index contributed by atoms with van der Waals surface area (Å²) in [7, 11) is 1.42. The smallest absolute Gasteiger partial charge is 0.306 e. The van der Waals surface area contributed by atoms with Crippen LogP contribution in [0.5, 0.6) is 5.75 Å². The molecule has 5 nitrogen and oxygen atoms in total. The average Bonchev–Trinajstić information content (AvgIpc) is 3.43. The van der Waals surface area contributed by atoms with Gasteiger partial charge in [-0.25, -0.2) is 0 Å². The van der Waals surface area contributed by atoms with E-state index in [2.05, 4.69) is 30.3 Å². The number of fused-ring (bicyclic) bond motifs is 2. The predicted octanol–water partition coefficient (Wildman–Crippen LogP) is 5.18. The summed E-state index contributed by atoms with van der Waals surface area (Å²) in [5, 5.41) is 0. The minimum atomic E-state index is -0.734. The van der Waals surface area contributed by atoms with Gasteiger partial charge in [-0.15, -0.1) is 0 Å². The maximum Gasteiger partial charge on any atom is 0.306 e. The Kier molecular flexibility index (Phi) is 5.68. The molecule has 0 amide bonds. The molecular formula is C27H26O5. The van der Waals surface area contributed by atoms with E-state index < -0.39 is 5.79 Å². The van der Waals surface area contributed by atoms with Gasteiger partial charge < -0.3 is 18.9 Å². The molecule has 5 rings (SSSR count). The van der Waals surface area contributed by atoms with E-state index in [-0.39, 0.29) is 11.9 Å². The molecule has 1 aliphatic carbocycles. The summed E-state index contributed by atoms with van der Waals surface area (Å²) in [4.78, 5) is 12.0. The number of carbonyl (C=O) groups excluding carboxylic acids is 1. The summed E-state index contributed by atoms with van der Waals surface area (Å²) >= 11 is 0. The van der Waals surface area contributed by atoms with E-state index in [1.807, 2.05) is 42.5 Å². The maximum atomic E-state index is 12.0. The highest BCUT2D eigenvalue weighted by Gasteiger charge is 2.49. The molecule has 3 aromatic carbocycles. The highest BCUT2D eigenvalue weighted by atomic mass is 16.7. The van der Waals surface area contributed by atoms with E-state index in [0.29, 0.717) is 32.7 Å². The van der Waals surface area contributed by atoms with Crippen molar-refractivity contribution in [3.8, 4) is 16.9 Å². The van der Waals surface area contributed by atoms with Crippen LogP contribution in [0.1, 0.15) is 35.4 Å². The molecule has 1 atom stereocenters. The Morgan fingerprint density at radius 3 is 2.41 bits per heavy atom. The lowest BCUT2D eigenvalue weighted by molar-refractivity contribution is -0.167. The summed E-state index contributed by atoms with van der Waals surface area (Å²) in [5.74, 6) is -0.124. The van der Waals surface area contributed by atoms with Crippen LogP contribution >= 0.6 is 0 Å². The molecule has 1 fully saturated rings. The Labute approximate surface area is 187 Å². The second-order valence-electron chi connectivity index (χ2n) is 8.23. The Morgan fingerprint density at radius 2 is 1.69 bits per heavy atom. The minimum Gasteiger partial charge on any atom is -0.489 e. The molecule has 0 N–H and O–H groups in total. The Bertz CT molecular complexity index is 1080. The van der Waals surface area contributed by atoms with Gasteiger partial charge in [0, 0.05) is 17.9 Å².